The second kappa shape index (κ2) is 5.10. The number of hydrogen-bond donors (Lipinski definition) is 2. The zero-order valence-corrected chi connectivity index (χ0v) is 11.9. The van der Waals surface area contributed by atoms with Crippen LogP contribution in [-0.4, -0.2) is 18.6 Å². The number of fused-ring (bicyclic) bond motifs is 1. The van der Waals surface area contributed by atoms with Crippen LogP contribution in [0.15, 0.2) is 22.7 Å². The average molecular weight is 297 g/mol. The van der Waals surface area contributed by atoms with Gasteiger partial charge < -0.3 is 15.0 Å². The zero-order chi connectivity index (χ0) is 12.4. The molecule has 1 heterocycles. The highest BCUT2D eigenvalue weighted by Gasteiger charge is 2.14. The lowest BCUT2D eigenvalue weighted by atomic mass is 10.2. The van der Waals surface area contributed by atoms with Crippen molar-refractivity contribution in [2.24, 2.45) is 0 Å². The highest BCUT2D eigenvalue weighted by atomic mass is 79.9. The summed E-state index contributed by atoms with van der Waals surface area (Å²) in [4.78, 5) is 3.42. The van der Waals surface area contributed by atoms with E-state index in [-0.39, 0.29) is 6.04 Å². The van der Waals surface area contributed by atoms with E-state index in [0.717, 1.165) is 26.8 Å². The SMILES string of the molecule is CCOc1ccc2[nH]c(C(C)NC)c(Br)c2c1. The second-order valence-corrected chi connectivity index (χ2v) is 4.80. The highest BCUT2D eigenvalue weighted by molar-refractivity contribution is 9.10. The standard InChI is InChI=1S/C13H17BrN2O/c1-4-17-9-5-6-11-10(7-9)12(14)13(16-11)8(2)15-3/h5-8,15-16H,4H2,1-3H3. The summed E-state index contributed by atoms with van der Waals surface area (Å²) >= 11 is 3.65. The Labute approximate surface area is 110 Å². The van der Waals surface area contributed by atoms with Crippen LogP contribution in [0.1, 0.15) is 25.6 Å². The largest absolute Gasteiger partial charge is 0.494 e. The van der Waals surface area contributed by atoms with Crippen molar-refractivity contribution in [1.29, 1.82) is 0 Å². The Morgan fingerprint density at radius 1 is 1.47 bits per heavy atom. The van der Waals surface area contributed by atoms with E-state index in [1.807, 2.05) is 20.0 Å². The highest BCUT2D eigenvalue weighted by Crippen LogP contribution is 2.33. The Kier molecular flexibility index (Phi) is 3.74. The first-order valence-corrected chi connectivity index (χ1v) is 6.57. The maximum Gasteiger partial charge on any atom is 0.120 e. The minimum Gasteiger partial charge on any atom is -0.494 e. The molecular weight excluding hydrogens is 280 g/mol. The minimum absolute atomic E-state index is 0.285. The van der Waals surface area contributed by atoms with Gasteiger partial charge in [0, 0.05) is 27.1 Å². The average Bonchev–Trinajstić information content (AvgIpc) is 2.67. The van der Waals surface area contributed by atoms with Crippen molar-refractivity contribution >= 4 is 26.8 Å². The molecule has 4 heteroatoms. The van der Waals surface area contributed by atoms with E-state index in [4.69, 9.17) is 4.74 Å². The van der Waals surface area contributed by atoms with Crippen molar-refractivity contribution in [3.8, 4) is 5.75 Å². The van der Waals surface area contributed by atoms with Crippen LogP contribution in [0, 0.1) is 0 Å². The fourth-order valence-electron chi connectivity index (χ4n) is 1.86. The monoisotopic (exact) mass is 296 g/mol. The third kappa shape index (κ3) is 2.33. The van der Waals surface area contributed by atoms with Gasteiger partial charge in [-0.2, -0.15) is 0 Å². The normalized spacial score (nSPS) is 12.9. The van der Waals surface area contributed by atoms with Crippen molar-refractivity contribution in [3.63, 3.8) is 0 Å². The van der Waals surface area contributed by atoms with Crippen molar-refractivity contribution in [3.05, 3.63) is 28.4 Å². The zero-order valence-electron chi connectivity index (χ0n) is 10.3. The molecule has 0 aliphatic heterocycles. The van der Waals surface area contributed by atoms with Gasteiger partial charge >= 0.3 is 0 Å². The molecule has 1 unspecified atom stereocenters. The number of aromatic nitrogens is 1. The third-order valence-corrected chi connectivity index (χ3v) is 3.76. The number of rotatable bonds is 4. The van der Waals surface area contributed by atoms with Gasteiger partial charge in [-0.15, -0.1) is 0 Å². The molecule has 1 aromatic carbocycles. The molecule has 2 rings (SSSR count). The van der Waals surface area contributed by atoms with Gasteiger partial charge in [-0.05, 0) is 55.0 Å². The van der Waals surface area contributed by atoms with Gasteiger partial charge in [0.05, 0.1) is 6.61 Å². The third-order valence-electron chi connectivity index (χ3n) is 2.91. The number of hydrogen-bond acceptors (Lipinski definition) is 2. The molecule has 0 saturated carbocycles. The molecule has 0 spiro atoms. The van der Waals surface area contributed by atoms with E-state index in [1.165, 1.54) is 0 Å². The van der Waals surface area contributed by atoms with Crippen molar-refractivity contribution in [1.82, 2.24) is 10.3 Å². The molecule has 0 fully saturated rings. The van der Waals surface area contributed by atoms with E-state index in [0.29, 0.717) is 6.61 Å². The summed E-state index contributed by atoms with van der Waals surface area (Å²) in [6.45, 7) is 4.80. The summed E-state index contributed by atoms with van der Waals surface area (Å²) in [5.41, 5.74) is 2.29. The molecule has 0 bridgehead atoms. The van der Waals surface area contributed by atoms with Gasteiger partial charge in [0.2, 0.25) is 0 Å². The van der Waals surface area contributed by atoms with Crippen LogP contribution < -0.4 is 10.1 Å². The molecule has 1 aromatic heterocycles. The topological polar surface area (TPSA) is 37.0 Å². The van der Waals surface area contributed by atoms with Gasteiger partial charge in [0.1, 0.15) is 5.75 Å². The summed E-state index contributed by atoms with van der Waals surface area (Å²) in [5, 5.41) is 4.39. The number of H-pyrrole nitrogens is 1. The second-order valence-electron chi connectivity index (χ2n) is 4.00. The van der Waals surface area contributed by atoms with Crippen molar-refractivity contribution < 1.29 is 4.74 Å². The lowest BCUT2D eigenvalue weighted by molar-refractivity contribution is 0.340. The molecule has 92 valence electrons. The molecule has 1 atom stereocenters. The maximum atomic E-state index is 5.51. The lowest BCUT2D eigenvalue weighted by Crippen LogP contribution is -2.12. The van der Waals surface area contributed by atoms with Crippen LogP contribution in [0.2, 0.25) is 0 Å². The maximum absolute atomic E-state index is 5.51. The van der Waals surface area contributed by atoms with E-state index < -0.39 is 0 Å². The van der Waals surface area contributed by atoms with Crippen LogP contribution >= 0.6 is 15.9 Å². The van der Waals surface area contributed by atoms with Crippen molar-refractivity contribution in [2.45, 2.75) is 19.9 Å². The summed E-state index contributed by atoms with van der Waals surface area (Å²) in [6.07, 6.45) is 0. The number of benzene rings is 1. The molecule has 0 saturated heterocycles. The summed E-state index contributed by atoms with van der Waals surface area (Å²) < 4.78 is 6.62. The van der Waals surface area contributed by atoms with Gasteiger partial charge in [-0.3, -0.25) is 0 Å². The van der Waals surface area contributed by atoms with E-state index in [9.17, 15) is 0 Å². The fourth-order valence-corrected chi connectivity index (χ4v) is 2.63. The first kappa shape index (κ1) is 12.5. The fraction of sp³-hybridized carbons (Fsp3) is 0.385. The summed E-state index contributed by atoms with van der Waals surface area (Å²) in [6, 6.07) is 6.39. The quantitative estimate of drug-likeness (QED) is 0.904. The molecule has 17 heavy (non-hydrogen) atoms. The van der Waals surface area contributed by atoms with E-state index in [2.05, 4.69) is 45.3 Å². The molecular formula is C13H17BrN2O. The van der Waals surface area contributed by atoms with Gasteiger partial charge in [-0.25, -0.2) is 0 Å². The Hall–Kier alpha value is -1.00. The van der Waals surface area contributed by atoms with Crippen molar-refractivity contribution in [2.75, 3.05) is 13.7 Å². The first-order valence-electron chi connectivity index (χ1n) is 5.78. The van der Waals surface area contributed by atoms with E-state index >= 15 is 0 Å². The summed E-state index contributed by atoms with van der Waals surface area (Å²) in [5.74, 6) is 0.906. The number of aromatic amines is 1. The Morgan fingerprint density at radius 2 is 2.24 bits per heavy atom. The number of nitrogens with one attached hydrogen (secondary N) is 2. The molecule has 2 aromatic rings. The van der Waals surface area contributed by atoms with Crippen LogP contribution in [0.5, 0.6) is 5.75 Å². The molecule has 0 amide bonds. The smallest absolute Gasteiger partial charge is 0.120 e. The Bertz CT molecular complexity index is 521. The number of ether oxygens (including phenoxy) is 1. The Morgan fingerprint density at radius 3 is 2.88 bits per heavy atom. The molecule has 0 aliphatic rings. The Balaban J connectivity index is 2.50. The minimum atomic E-state index is 0.285. The van der Waals surface area contributed by atoms with Crippen LogP contribution in [0.4, 0.5) is 0 Å². The predicted molar refractivity (Wildman–Crippen MR) is 74.6 cm³/mol. The first-order chi connectivity index (χ1) is 8.17. The van der Waals surface area contributed by atoms with Crippen LogP contribution in [-0.2, 0) is 0 Å². The van der Waals surface area contributed by atoms with Gasteiger partial charge in [-0.1, -0.05) is 0 Å². The van der Waals surface area contributed by atoms with Gasteiger partial charge in [0.25, 0.3) is 0 Å². The lowest BCUT2D eigenvalue weighted by Gasteiger charge is -2.08. The molecule has 3 nitrogen and oxygen atoms in total. The number of halogens is 1. The van der Waals surface area contributed by atoms with Crippen LogP contribution in [0.25, 0.3) is 10.9 Å². The van der Waals surface area contributed by atoms with Crippen LogP contribution in [0.3, 0.4) is 0 Å². The predicted octanol–water partition coefficient (Wildman–Crippen LogP) is 3.61. The van der Waals surface area contributed by atoms with E-state index in [1.54, 1.807) is 0 Å². The molecule has 2 N–H and O–H groups in total. The summed E-state index contributed by atoms with van der Waals surface area (Å²) in [7, 11) is 1.95. The molecule has 0 radical (unpaired) electrons. The van der Waals surface area contributed by atoms with Gasteiger partial charge in [0.15, 0.2) is 0 Å². The molecule has 0 aliphatic carbocycles.